The quantitative estimate of drug-likeness (QED) is 0.608. The molecule has 19 heavy (non-hydrogen) atoms. The van der Waals surface area contributed by atoms with Crippen molar-refractivity contribution >= 4 is 5.78 Å². The Balaban J connectivity index is -0.000000579. The van der Waals surface area contributed by atoms with E-state index in [1.807, 2.05) is 27.7 Å². The molecule has 0 rings (SSSR count). The minimum atomic E-state index is 0.143. The van der Waals surface area contributed by atoms with Gasteiger partial charge in [0, 0.05) is 6.42 Å². The standard InChI is InChI=1S/C13H27NO.2C2H6/c1-6-10-12(15)13(14(5)9-4)11(7-2)8-3;2*1-2/h11,13H,6-10H2,1-5H3;2*1-2H3. The van der Waals surface area contributed by atoms with E-state index in [9.17, 15) is 4.79 Å². The number of hydrogen-bond acceptors (Lipinski definition) is 2. The van der Waals surface area contributed by atoms with Crippen molar-refractivity contribution < 1.29 is 4.79 Å². The molecule has 0 aliphatic heterocycles. The van der Waals surface area contributed by atoms with Gasteiger partial charge in [0.1, 0.15) is 5.78 Å². The molecule has 0 aliphatic carbocycles. The Hall–Kier alpha value is -0.370. The molecule has 1 unspecified atom stereocenters. The fourth-order valence-electron chi connectivity index (χ4n) is 2.19. The number of carbonyl (C=O) groups is 1. The van der Waals surface area contributed by atoms with Gasteiger partial charge in [-0.15, -0.1) is 0 Å². The Morgan fingerprint density at radius 1 is 0.947 bits per heavy atom. The van der Waals surface area contributed by atoms with Crippen LogP contribution in [0.4, 0.5) is 0 Å². The van der Waals surface area contributed by atoms with Gasteiger partial charge in [0.2, 0.25) is 0 Å². The molecule has 0 saturated heterocycles. The van der Waals surface area contributed by atoms with E-state index in [0.717, 1.165) is 32.2 Å². The Morgan fingerprint density at radius 3 is 1.63 bits per heavy atom. The minimum Gasteiger partial charge on any atom is -0.298 e. The van der Waals surface area contributed by atoms with Gasteiger partial charge in [0.25, 0.3) is 0 Å². The van der Waals surface area contributed by atoms with Gasteiger partial charge in [-0.1, -0.05) is 68.2 Å². The predicted octanol–water partition coefficient (Wildman–Crippen LogP) is 5.16. The normalized spacial score (nSPS) is 11.3. The summed E-state index contributed by atoms with van der Waals surface area (Å²) in [4.78, 5) is 14.3. The summed E-state index contributed by atoms with van der Waals surface area (Å²) in [7, 11) is 2.07. The second-order valence-corrected chi connectivity index (χ2v) is 4.31. The molecule has 0 aromatic heterocycles. The van der Waals surface area contributed by atoms with Crippen molar-refractivity contribution in [3.8, 4) is 0 Å². The predicted molar refractivity (Wildman–Crippen MR) is 88.8 cm³/mol. The maximum absolute atomic E-state index is 12.1. The average molecular weight is 274 g/mol. The Kier molecular flexibility index (Phi) is 22.0. The summed E-state index contributed by atoms with van der Waals surface area (Å²) >= 11 is 0. The number of rotatable bonds is 8. The molecule has 118 valence electrons. The third-order valence-corrected chi connectivity index (χ3v) is 3.30. The van der Waals surface area contributed by atoms with Gasteiger partial charge in [-0.2, -0.15) is 0 Å². The molecule has 1 atom stereocenters. The number of nitrogens with zero attached hydrogens (tertiary/aromatic N) is 1. The first-order chi connectivity index (χ1) is 9.12. The molecule has 0 amide bonds. The fourth-order valence-corrected chi connectivity index (χ4v) is 2.19. The van der Waals surface area contributed by atoms with Gasteiger partial charge in [-0.25, -0.2) is 0 Å². The number of carbonyl (C=O) groups excluding carboxylic acids is 1. The highest BCUT2D eigenvalue weighted by atomic mass is 16.1. The van der Waals surface area contributed by atoms with Crippen LogP contribution in [0, 0.1) is 5.92 Å². The molecule has 0 bridgehead atoms. The van der Waals surface area contributed by atoms with Crippen LogP contribution in [0.15, 0.2) is 0 Å². The van der Waals surface area contributed by atoms with E-state index in [0.29, 0.717) is 11.7 Å². The molecule has 0 spiro atoms. The molecule has 2 heteroatoms. The third kappa shape index (κ3) is 10.1. The largest absolute Gasteiger partial charge is 0.298 e. The van der Waals surface area contributed by atoms with E-state index in [-0.39, 0.29) is 6.04 Å². The summed E-state index contributed by atoms with van der Waals surface area (Å²) in [5, 5.41) is 0. The van der Waals surface area contributed by atoms with Crippen molar-refractivity contribution in [1.29, 1.82) is 0 Å². The van der Waals surface area contributed by atoms with Gasteiger partial charge in [0.15, 0.2) is 0 Å². The monoisotopic (exact) mass is 273 g/mol. The van der Waals surface area contributed by atoms with Crippen molar-refractivity contribution in [2.24, 2.45) is 5.92 Å². The lowest BCUT2D eigenvalue weighted by Crippen LogP contribution is -2.43. The van der Waals surface area contributed by atoms with Crippen LogP contribution in [-0.4, -0.2) is 30.3 Å². The Morgan fingerprint density at radius 2 is 1.37 bits per heavy atom. The van der Waals surface area contributed by atoms with Crippen LogP contribution in [0.25, 0.3) is 0 Å². The lowest BCUT2D eigenvalue weighted by molar-refractivity contribution is -0.125. The number of Topliss-reactive ketones (excluding diaryl/α,β-unsaturated/α-hetero) is 1. The average Bonchev–Trinajstić information content (AvgIpc) is 2.48. The highest BCUT2D eigenvalue weighted by Gasteiger charge is 2.27. The van der Waals surface area contributed by atoms with E-state index in [1.165, 1.54) is 0 Å². The van der Waals surface area contributed by atoms with Crippen LogP contribution < -0.4 is 0 Å². The molecule has 0 fully saturated rings. The molecule has 0 aliphatic rings. The van der Waals surface area contributed by atoms with Crippen molar-refractivity contribution in [3.63, 3.8) is 0 Å². The molecule has 0 aromatic rings. The summed E-state index contributed by atoms with van der Waals surface area (Å²) in [6, 6.07) is 0.143. The van der Waals surface area contributed by atoms with E-state index >= 15 is 0 Å². The molecule has 0 saturated carbocycles. The first-order valence-corrected chi connectivity index (χ1v) is 8.35. The second-order valence-electron chi connectivity index (χ2n) is 4.31. The van der Waals surface area contributed by atoms with Gasteiger partial charge in [-0.3, -0.25) is 9.69 Å². The number of hydrogen-bond donors (Lipinski definition) is 0. The van der Waals surface area contributed by atoms with Gasteiger partial charge in [-0.05, 0) is 25.9 Å². The van der Waals surface area contributed by atoms with Crippen LogP contribution in [0.1, 0.15) is 81.1 Å². The lowest BCUT2D eigenvalue weighted by Gasteiger charge is -2.32. The molecule has 2 nitrogen and oxygen atoms in total. The third-order valence-electron chi connectivity index (χ3n) is 3.30. The first kappa shape index (κ1) is 23.7. The minimum absolute atomic E-state index is 0.143. The van der Waals surface area contributed by atoms with Crippen molar-refractivity contribution in [2.75, 3.05) is 13.6 Å². The summed E-state index contributed by atoms with van der Waals surface area (Å²) in [6.45, 7) is 17.5. The van der Waals surface area contributed by atoms with E-state index in [4.69, 9.17) is 0 Å². The highest BCUT2D eigenvalue weighted by molar-refractivity contribution is 5.84. The summed E-state index contributed by atoms with van der Waals surface area (Å²) < 4.78 is 0. The maximum Gasteiger partial charge on any atom is 0.150 e. The van der Waals surface area contributed by atoms with Crippen molar-refractivity contribution in [2.45, 2.75) is 87.1 Å². The molecular formula is C17H39NO. The molecule has 0 heterocycles. The zero-order valence-electron chi connectivity index (χ0n) is 15.0. The summed E-state index contributed by atoms with van der Waals surface area (Å²) in [5.74, 6) is 0.949. The van der Waals surface area contributed by atoms with Gasteiger partial charge < -0.3 is 0 Å². The Labute approximate surface area is 123 Å². The molecular weight excluding hydrogens is 234 g/mol. The topological polar surface area (TPSA) is 20.3 Å². The first-order valence-electron chi connectivity index (χ1n) is 8.35. The highest BCUT2D eigenvalue weighted by Crippen LogP contribution is 2.20. The van der Waals surface area contributed by atoms with Crippen LogP contribution in [0.3, 0.4) is 0 Å². The SMILES string of the molecule is CC.CC.CCCC(=O)C(C(CC)CC)N(C)CC. The van der Waals surface area contributed by atoms with Crippen LogP contribution >= 0.6 is 0 Å². The van der Waals surface area contributed by atoms with E-state index < -0.39 is 0 Å². The van der Waals surface area contributed by atoms with Gasteiger partial charge in [0.05, 0.1) is 6.04 Å². The van der Waals surface area contributed by atoms with Crippen molar-refractivity contribution in [1.82, 2.24) is 4.90 Å². The Bertz CT molecular complexity index is 176. The molecule has 0 aromatic carbocycles. The van der Waals surface area contributed by atoms with Crippen molar-refractivity contribution in [3.05, 3.63) is 0 Å². The summed E-state index contributed by atoms with van der Waals surface area (Å²) in [6.07, 6.45) is 3.89. The van der Waals surface area contributed by atoms with Gasteiger partial charge >= 0.3 is 0 Å². The lowest BCUT2D eigenvalue weighted by atomic mass is 9.88. The maximum atomic E-state index is 12.1. The van der Waals surface area contributed by atoms with E-state index in [2.05, 4.69) is 39.6 Å². The smallest absolute Gasteiger partial charge is 0.150 e. The molecule has 0 N–H and O–H groups in total. The zero-order valence-corrected chi connectivity index (χ0v) is 15.0. The number of likely N-dealkylation sites (N-methyl/N-ethyl adjacent to an activating group) is 1. The van der Waals surface area contributed by atoms with Crippen LogP contribution in [0.5, 0.6) is 0 Å². The second kappa shape index (κ2) is 17.6. The zero-order chi connectivity index (χ0) is 15.8. The van der Waals surface area contributed by atoms with Crippen LogP contribution in [-0.2, 0) is 4.79 Å². The fraction of sp³-hybridized carbons (Fsp3) is 0.941. The van der Waals surface area contributed by atoms with E-state index in [1.54, 1.807) is 0 Å². The molecule has 0 radical (unpaired) electrons. The summed E-state index contributed by atoms with van der Waals surface area (Å²) in [5.41, 5.74) is 0. The van der Waals surface area contributed by atoms with Crippen LogP contribution in [0.2, 0.25) is 0 Å². The number of ketones is 1.